The Hall–Kier alpha value is -4.02. The Morgan fingerprint density at radius 2 is 1.70 bits per heavy atom. The van der Waals surface area contributed by atoms with E-state index in [4.69, 9.17) is 42.1 Å². The summed E-state index contributed by atoms with van der Waals surface area (Å²) in [6, 6.07) is 12.1. The molecule has 3 aromatic rings. The molecule has 0 atom stereocenters. The lowest BCUT2D eigenvalue weighted by Gasteiger charge is -2.13. The number of benzene rings is 3. The molecule has 0 aliphatic heterocycles. The second kappa shape index (κ2) is 12.3. The van der Waals surface area contributed by atoms with Gasteiger partial charge in [0.15, 0.2) is 23.9 Å². The van der Waals surface area contributed by atoms with Gasteiger partial charge >= 0.3 is 11.7 Å². The number of halogens is 2. The van der Waals surface area contributed by atoms with E-state index in [1.165, 1.54) is 44.6 Å². The van der Waals surface area contributed by atoms with Gasteiger partial charge in [-0.1, -0.05) is 29.3 Å². The minimum atomic E-state index is -0.765. The molecule has 0 saturated heterocycles. The highest BCUT2D eigenvalue weighted by molar-refractivity contribution is 6.35. The van der Waals surface area contributed by atoms with Crippen LogP contribution in [-0.2, 0) is 16.1 Å². The summed E-state index contributed by atoms with van der Waals surface area (Å²) in [6.45, 7) is 1.14. The van der Waals surface area contributed by atoms with Crippen molar-refractivity contribution < 1.29 is 33.5 Å². The van der Waals surface area contributed by atoms with Crippen LogP contribution in [-0.4, -0.2) is 37.6 Å². The number of amides is 1. The molecule has 0 aliphatic carbocycles. The molecule has 0 aromatic heterocycles. The molecule has 0 spiro atoms. The lowest BCUT2D eigenvalue weighted by molar-refractivity contribution is -0.385. The first-order valence-electron chi connectivity index (χ1n) is 10.7. The Morgan fingerprint density at radius 1 is 0.973 bits per heavy atom. The van der Waals surface area contributed by atoms with Crippen molar-refractivity contribution in [2.75, 3.05) is 26.1 Å². The topological polar surface area (TPSA) is 126 Å². The molecule has 0 fully saturated rings. The molecule has 12 heteroatoms. The van der Waals surface area contributed by atoms with Gasteiger partial charge in [0.25, 0.3) is 5.91 Å². The van der Waals surface area contributed by atoms with E-state index < -0.39 is 23.4 Å². The second-order valence-corrected chi connectivity index (χ2v) is 8.45. The molecule has 0 bridgehead atoms. The van der Waals surface area contributed by atoms with E-state index in [0.717, 1.165) is 0 Å². The molecule has 37 heavy (non-hydrogen) atoms. The van der Waals surface area contributed by atoms with Crippen LogP contribution in [0, 0.1) is 17.0 Å². The fraction of sp³-hybridized carbons (Fsp3) is 0.200. The van der Waals surface area contributed by atoms with Crippen LogP contribution in [0.15, 0.2) is 48.5 Å². The van der Waals surface area contributed by atoms with Crippen LogP contribution in [0.4, 0.5) is 11.4 Å². The van der Waals surface area contributed by atoms with Crippen LogP contribution in [0.2, 0.25) is 10.0 Å². The molecule has 10 nitrogen and oxygen atoms in total. The molecule has 0 saturated carbocycles. The summed E-state index contributed by atoms with van der Waals surface area (Å²) in [5, 5.41) is 14.6. The number of ether oxygens (including phenoxy) is 4. The summed E-state index contributed by atoms with van der Waals surface area (Å²) in [4.78, 5) is 35.4. The van der Waals surface area contributed by atoms with Gasteiger partial charge in [0.1, 0.15) is 6.61 Å². The Morgan fingerprint density at radius 3 is 2.35 bits per heavy atom. The van der Waals surface area contributed by atoms with E-state index >= 15 is 0 Å². The molecule has 1 amide bonds. The van der Waals surface area contributed by atoms with Gasteiger partial charge in [-0.15, -0.1) is 0 Å². The lowest BCUT2D eigenvalue weighted by atomic mass is 10.1. The van der Waals surface area contributed by atoms with Crippen molar-refractivity contribution >= 4 is 46.5 Å². The summed E-state index contributed by atoms with van der Waals surface area (Å²) in [6.07, 6.45) is 0. The number of nitro benzene ring substituents is 1. The van der Waals surface area contributed by atoms with Gasteiger partial charge in [0, 0.05) is 33.4 Å². The Balaban J connectivity index is 1.62. The van der Waals surface area contributed by atoms with Crippen molar-refractivity contribution in [2.24, 2.45) is 0 Å². The summed E-state index contributed by atoms with van der Waals surface area (Å²) >= 11 is 12.1. The zero-order valence-electron chi connectivity index (χ0n) is 20.0. The average molecular weight is 549 g/mol. The quantitative estimate of drug-likeness (QED) is 0.197. The van der Waals surface area contributed by atoms with Crippen molar-refractivity contribution in [3.8, 4) is 17.2 Å². The number of nitro groups is 1. The fourth-order valence-electron chi connectivity index (χ4n) is 3.22. The van der Waals surface area contributed by atoms with Crippen LogP contribution in [0.1, 0.15) is 21.5 Å². The molecule has 0 radical (unpaired) electrons. The van der Waals surface area contributed by atoms with Gasteiger partial charge in [0.2, 0.25) is 0 Å². The Labute approximate surface area is 222 Å². The number of methoxy groups -OCH3 is 2. The second-order valence-electron chi connectivity index (χ2n) is 7.61. The predicted octanol–water partition coefficient (Wildman–Crippen LogP) is 5.60. The van der Waals surface area contributed by atoms with E-state index in [2.05, 4.69) is 5.32 Å². The Kier molecular flexibility index (Phi) is 9.15. The molecule has 0 unspecified atom stereocenters. The van der Waals surface area contributed by atoms with Gasteiger partial charge in [-0.25, -0.2) is 4.79 Å². The maximum atomic E-state index is 12.5. The maximum Gasteiger partial charge on any atom is 0.338 e. The van der Waals surface area contributed by atoms with E-state index in [9.17, 15) is 19.7 Å². The third-order valence-electron chi connectivity index (χ3n) is 5.13. The molecule has 0 heterocycles. The predicted molar refractivity (Wildman–Crippen MR) is 137 cm³/mol. The van der Waals surface area contributed by atoms with E-state index in [0.29, 0.717) is 26.9 Å². The third kappa shape index (κ3) is 7.02. The summed E-state index contributed by atoms with van der Waals surface area (Å²) in [7, 11) is 2.70. The minimum Gasteiger partial charge on any atom is -0.493 e. The van der Waals surface area contributed by atoms with Crippen molar-refractivity contribution in [1.82, 2.24) is 0 Å². The van der Waals surface area contributed by atoms with Crippen molar-refractivity contribution in [1.29, 1.82) is 0 Å². The molecule has 3 rings (SSSR count). The highest BCUT2D eigenvalue weighted by atomic mass is 35.5. The standard InChI is InChI=1S/C25H22Cl2N2O8/c1-14-8-20(29(32)33)22(34-2)11-19(14)28-24(30)13-37-25(31)15-5-7-21(23(9-15)35-3)36-12-16-4-6-17(26)10-18(16)27/h4-11H,12-13H2,1-3H3,(H,28,30). The van der Waals surface area contributed by atoms with Gasteiger partial charge < -0.3 is 24.3 Å². The molecule has 194 valence electrons. The zero-order chi connectivity index (χ0) is 27.1. The number of hydrogen-bond acceptors (Lipinski definition) is 8. The van der Waals surface area contributed by atoms with Gasteiger partial charge in [-0.2, -0.15) is 0 Å². The van der Waals surface area contributed by atoms with Gasteiger partial charge in [-0.3, -0.25) is 14.9 Å². The summed E-state index contributed by atoms with van der Waals surface area (Å²) in [5.41, 5.74) is 1.33. The number of hydrogen-bond donors (Lipinski definition) is 1. The van der Waals surface area contributed by atoms with Gasteiger partial charge in [-0.05, 0) is 42.8 Å². The van der Waals surface area contributed by atoms with Crippen LogP contribution >= 0.6 is 23.2 Å². The fourth-order valence-corrected chi connectivity index (χ4v) is 3.69. The molecular formula is C25H22Cl2N2O8. The number of nitrogens with one attached hydrogen (secondary N) is 1. The van der Waals surface area contributed by atoms with Crippen LogP contribution in [0.25, 0.3) is 0 Å². The summed E-state index contributed by atoms with van der Waals surface area (Å²) < 4.78 is 21.2. The van der Waals surface area contributed by atoms with E-state index in [1.54, 1.807) is 25.1 Å². The van der Waals surface area contributed by atoms with Crippen molar-refractivity contribution in [3.05, 3.63) is 85.4 Å². The van der Waals surface area contributed by atoms with Crippen LogP contribution in [0.3, 0.4) is 0 Å². The van der Waals surface area contributed by atoms with Crippen LogP contribution < -0.4 is 19.5 Å². The van der Waals surface area contributed by atoms with Crippen molar-refractivity contribution in [3.63, 3.8) is 0 Å². The van der Waals surface area contributed by atoms with E-state index in [1.807, 2.05) is 0 Å². The SMILES string of the molecule is COc1cc(C(=O)OCC(=O)Nc2cc(OC)c([N+](=O)[O-])cc2C)ccc1OCc1ccc(Cl)cc1Cl. The molecular weight excluding hydrogens is 527 g/mol. The number of anilines is 1. The first kappa shape index (κ1) is 27.6. The normalized spacial score (nSPS) is 10.4. The number of esters is 1. The molecule has 0 aliphatic rings. The molecule has 3 aromatic carbocycles. The minimum absolute atomic E-state index is 0.0179. The number of carbonyl (C=O) groups is 2. The highest BCUT2D eigenvalue weighted by Gasteiger charge is 2.19. The molecule has 1 N–H and O–H groups in total. The Bertz CT molecular complexity index is 1350. The number of carbonyl (C=O) groups excluding carboxylic acids is 2. The number of aryl methyl sites for hydroxylation is 1. The number of rotatable bonds is 10. The number of nitrogens with zero attached hydrogens (tertiary/aromatic N) is 1. The highest BCUT2D eigenvalue weighted by Crippen LogP contribution is 2.33. The van der Waals surface area contributed by atoms with Gasteiger partial charge in [0.05, 0.1) is 24.7 Å². The largest absolute Gasteiger partial charge is 0.493 e. The zero-order valence-corrected chi connectivity index (χ0v) is 21.5. The first-order chi connectivity index (χ1) is 17.6. The monoisotopic (exact) mass is 548 g/mol. The smallest absolute Gasteiger partial charge is 0.338 e. The average Bonchev–Trinajstić information content (AvgIpc) is 2.87. The maximum absolute atomic E-state index is 12.5. The first-order valence-corrected chi connectivity index (χ1v) is 11.4. The lowest BCUT2D eigenvalue weighted by Crippen LogP contribution is -2.21. The third-order valence-corrected chi connectivity index (χ3v) is 5.72. The summed E-state index contributed by atoms with van der Waals surface area (Å²) in [5.74, 6) is -0.781. The van der Waals surface area contributed by atoms with Crippen LogP contribution in [0.5, 0.6) is 17.2 Å². The van der Waals surface area contributed by atoms with E-state index in [-0.39, 0.29) is 35.0 Å². The van der Waals surface area contributed by atoms with Crippen molar-refractivity contribution in [2.45, 2.75) is 13.5 Å².